The lowest BCUT2D eigenvalue weighted by atomic mass is 9.66. The minimum atomic E-state index is -1.82. The Morgan fingerprint density at radius 3 is 1.87 bits per heavy atom. The first-order valence-corrected chi connectivity index (χ1v) is 19.3. The van der Waals surface area contributed by atoms with Crippen LogP contribution in [0.15, 0.2) is 18.2 Å². The standard InChI is InChI=1S/C38H58Si/c1-21-22(2)24(4)34-33(23(21)3)25(5)26(6)35(34)39(13,14)36-31-19-27(37(7,8)9)15-17-29(31)30-18-16-28(20-32(30)36)38(10,11)12/h15,17,19,25-26,28,30,32,35-36H,16,18,20H2,1-14H3/t25?,26-,28?,30?,32?,35-,36?/m0/s1. The van der Waals surface area contributed by atoms with Crippen LogP contribution in [0, 0.1) is 50.9 Å². The smallest absolute Gasteiger partial charge is 0.0635 e. The summed E-state index contributed by atoms with van der Waals surface area (Å²) in [6, 6.07) is 7.78. The SMILES string of the molecule is Cc1c(C)c(C)c2c(c1C)C(C)[C@H](C)[C@@H]2[Si](C)(C)C1c2cc(C(C)(C)C)ccc2C2CCC(C(C)(C)C)CC21. The van der Waals surface area contributed by atoms with E-state index >= 15 is 0 Å². The van der Waals surface area contributed by atoms with Crippen molar-refractivity contribution in [1.82, 2.24) is 0 Å². The number of rotatable bonds is 2. The summed E-state index contributed by atoms with van der Waals surface area (Å²) in [4.78, 5) is 0. The average Bonchev–Trinajstić information content (AvgIpc) is 3.32. The minimum Gasteiger partial charge on any atom is -0.0684 e. The van der Waals surface area contributed by atoms with Crippen molar-refractivity contribution in [3.05, 3.63) is 68.3 Å². The van der Waals surface area contributed by atoms with Crippen LogP contribution in [0.3, 0.4) is 0 Å². The van der Waals surface area contributed by atoms with Gasteiger partial charge in [-0.2, -0.15) is 0 Å². The van der Waals surface area contributed by atoms with Crippen LogP contribution in [0.25, 0.3) is 0 Å². The van der Waals surface area contributed by atoms with Gasteiger partial charge in [0, 0.05) is 0 Å². The molecule has 0 amide bonds. The molecule has 0 nitrogen and oxygen atoms in total. The zero-order chi connectivity index (χ0) is 29.0. The molecular formula is C38H58Si. The normalized spacial score (nSPS) is 30.8. The Morgan fingerprint density at radius 2 is 1.31 bits per heavy atom. The van der Waals surface area contributed by atoms with Gasteiger partial charge in [-0.05, 0) is 149 Å². The third kappa shape index (κ3) is 4.35. The van der Waals surface area contributed by atoms with E-state index in [-0.39, 0.29) is 5.41 Å². The van der Waals surface area contributed by atoms with Crippen LogP contribution >= 0.6 is 0 Å². The van der Waals surface area contributed by atoms with Gasteiger partial charge in [-0.1, -0.05) is 86.7 Å². The van der Waals surface area contributed by atoms with Crippen LogP contribution in [0.1, 0.15) is 148 Å². The zero-order valence-electron chi connectivity index (χ0n) is 27.9. The third-order valence-corrected chi connectivity index (χ3v) is 17.5. The molecule has 214 valence electrons. The van der Waals surface area contributed by atoms with E-state index in [2.05, 4.69) is 114 Å². The van der Waals surface area contributed by atoms with Crippen molar-refractivity contribution in [1.29, 1.82) is 0 Å². The van der Waals surface area contributed by atoms with Gasteiger partial charge in [-0.25, -0.2) is 0 Å². The fourth-order valence-corrected chi connectivity index (χ4v) is 15.7. The van der Waals surface area contributed by atoms with Crippen LogP contribution < -0.4 is 0 Å². The molecule has 39 heavy (non-hydrogen) atoms. The van der Waals surface area contributed by atoms with E-state index in [1.807, 2.05) is 0 Å². The monoisotopic (exact) mass is 542 g/mol. The molecule has 1 heteroatoms. The first-order chi connectivity index (χ1) is 17.9. The second-order valence-corrected chi connectivity index (χ2v) is 21.9. The Bertz CT molecular complexity index is 1280. The highest BCUT2D eigenvalue weighted by atomic mass is 28.3. The van der Waals surface area contributed by atoms with Crippen LogP contribution in [0.4, 0.5) is 0 Å². The quantitative estimate of drug-likeness (QED) is 0.331. The molecular weight excluding hydrogens is 485 g/mol. The van der Waals surface area contributed by atoms with E-state index in [1.54, 1.807) is 38.9 Å². The molecule has 0 heterocycles. The molecule has 0 aliphatic heterocycles. The summed E-state index contributed by atoms with van der Waals surface area (Å²) < 4.78 is 0. The Hall–Kier alpha value is -1.34. The van der Waals surface area contributed by atoms with Gasteiger partial charge >= 0.3 is 0 Å². The summed E-state index contributed by atoms with van der Waals surface area (Å²) in [7, 11) is -1.82. The van der Waals surface area contributed by atoms with E-state index in [9.17, 15) is 0 Å². The van der Waals surface area contributed by atoms with Gasteiger partial charge < -0.3 is 0 Å². The molecule has 0 N–H and O–H groups in total. The summed E-state index contributed by atoms with van der Waals surface area (Å²) in [5, 5.41) is 0. The van der Waals surface area contributed by atoms with Crippen molar-refractivity contribution in [2.75, 3.05) is 0 Å². The van der Waals surface area contributed by atoms with Gasteiger partial charge in [0.05, 0.1) is 8.07 Å². The maximum Gasteiger partial charge on any atom is 0.0635 e. The number of hydrogen-bond donors (Lipinski definition) is 0. The highest BCUT2D eigenvalue weighted by Gasteiger charge is 2.57. The van der Waals surface area contributed by atoms with E-state index in [4.69, 9.17) is 0 Å². The van der Waals surface area contributed by atoms with Crippen molar-refractivity contribution in [3.63, 3.8) is 0 Å². The van der Waals surface area contributed by atoms with E-state index < -0.39 is 8.07 Å². The second-order valence-electron chi connectivity index (χ2n) is 17.0. The fraction of sp³-hybridized carbons (Fsp3) is 0.684. The summed E-state index contributed by atoms with van der Waals surface area (Å²) in [6.07, 6.45) is 4.21. The van der Waals surface area contributed by atoms with Gasteiger partial charge in [0.25, 0.3) is 0 Å². The summed E-state index contributed by atoms with van der Waals surface area (Å²) >= 11 is 0. The predicted octanol–water partition coefficient (Wildman–Crippen LogP) is 11.2. The average molecular weight is 543 g/mol. The van der Waals surface area contributed by atoms with Gasteiger partial charge in [-0.15, -0.1) is 0 Å². The molecule has 3 aliphatic carbocycles. The zero-order valence-corrected chi connectivity index (χ0v) is 28.9. The maximum atomic E-state index is 2.82. The molecule has 0 spiro atoms. The first-order valence-electron chi connectivity index (χ1n) is 16.1. The van der Waals surface area contributed by atoms with Crippen LogP contribution in [-0.2, 0) is 5.41 Å². The molecule has 1 saturated carbocycles. The molecule has 2 aromatic carbocycles. The lowest BCUT2D eigenvalue weighted by molar-refractivity contribution is 0.129. The topological polar surface area (TPSA) is 0 Å². The lowest BCUT2D eigenvalue weighted by Crippen LogP contribution is -2.47. The summed E-state index contributed by atoms with van der Waals surface area (Å²) in [6.45, 7) is 35.2. The molecule has 0 saturated heterocycles. The van der Waals surface area contributed by atoms with Gasteiger partial charge in [0.1, 0.15) is 0 Å². The van der Waals surface area contributed by atoms with Crippen LogP contribution in [0.2, 0.25) is 13.1 Å². The van der Waals surface area contributed by atoms with E-state index in [0.717, 1.165) is 34.8 Å². The number of hydrogen-bond acceptors (Lipinski definition) is 0. The molecule has 0 bridgehead atoms. The van der Waals surface area contributed by atoms with Gasteiger partial charge in [0.15, 0.2) is 0 Å². The molecule has 5 unspecified atom stereocenters. The molecule has 0 aromatic heterocycles. The molecule has 5 rings (SSSR count). The molecule has 1 fully saturated rings. The Morgan fingerprint density at radius 1 is 0.718 bits per heavy atom. The largest absolute Gasteiger partial charge is 0.0684 e. The van der Waals surface area contributed by atoms with Gasteiger partial charge in [0.2, 0.25) is 0 Å². The Labute approximate surface area is 242 Å². The van der Waals surface area contributed by atoms with Crippen molar-refractivity contribution in [3.8, 4) is 0 Å². The molecule has 3 aliphatic rings. The summed E-state index contributed by atoms with van der Waals surface area (Å²) in [5.41, 5.74) is 16.9. The van der Waals surface area contributed by atoms with Gasteiger partial charge in [-0.3, -0.25) is 0 Å². The van der Waals surface area contributed by atoms with E-state index in [0.29, 0.717) is 11.3 Å². The van der Waals surface area contributed by atoms with Crippen molar-refractivity contribution < 1.29 is 0 Å². The first kappa shape index (κ1) is 29.2. The number of benzene rings is 2. The van der Waals surface area contributed by atoms with Crippen LogP contribution in [-0.4, -0.2) is 8.07 Å². The highest BCUT2D eigenvalue weighted by molar-refractivity contribution is 6.80. The van der Waals surface area contributed by atoms with Crippen molar-refractivity contribution >= 4 is 8.07 Å². The van der Waals surface area contributed by atoms with Crippen molar-refractivity contribution in [2.24, 2.45) is 23.2 Å². The third-order valence-electron chi connectivity index (χ3n) is 12.7. The Balaban J connectivity index is 1.71. The second kappa shape index (κ2) is 9.34. The predicted molar refractivity (Wildman–Crippen MR) is 174 cm³/mol. The Kier molecular flexibility index (Phi) is 6.98. The summed E-state index contributed by atoms with van der Waals surface area (Å²) in [5.74, 6) is 3.79. The van der Waals surface area contributed by atoms with E-state index in [1.165, 1.54) is 30.4 Å². The lowest BCUT2D eigenvalue weighted by Gasteiger charge is -2.47. The molecule has 7 atom stereocenters. The number of fused-ring (bicyclic) bond motifs is 4. The van der Waals surface area contributed by atoms with Crippen molar-refractivity contribution in [2.45, 2.75) is 144 Å². The van der Waals surface area contributed by atoms with Crippen LogP contribution in [0.5, 0.6) is 0 Å². The molecule has 2 aromatic rings. The maximum absolute atomic E-state index is 2.82. The fourth-order valence-electron chi connectivity index (χ4n) is 9.99. The highest BCUT2D eigenvalue weighted by Crippen LogP contribution is 2.64. The minimum absolute atomic E-state index is 0.192. The molecule has 0 radical (unpaired) electrons.